The Balaban J connectivity index is 1.50. The van der Waals surface area contributed by atoms with E-state index >= 15 is 0 Å². The fraction of sp³-hybridized carbons (Fsp3) is 0.316. The van der Waals surface area contributed by atoms with Gasteiger partial charge in [0.15, 0.2) is 11.5 Å². The summed E-state index contributed by atoms with van der Waals surface area (Å²) in [5, 5.41) is 7.67. The number of benzene rings is 1. The van der Waals surface area contributed by atoms with Crippen molar-refractivity contribution in [2.45, 2.75) is 19.8 Å². The number of ether oxygens (including phenoxy) is 2. The highest BCUT2D eigenvalue weighted by atomic mass is 16.5. The summed E-state index contributed by atoms with van der Waals surface area (Å²) in [5.74, 6) is 3.00. The molecule has 1 atom stereocenters. The maximum absolute atomic E-state index is 5.98. The molecule has 6 nitrogen and oxygen atoms in total. The number of nitrogens with zero attached hydrogens (tertiary/aromatic N) is 4. The highest BCUT2D eigenvalue weighted by Gasteiger charge is 2.23. The molecule has 6 heteroatoms. The molecule has 128 valence electrons. The highest BCUT2D eigenvalue weighted by molar-refractivity contribution is 5.48. The van der Waals surface area contributed by atoms with Crippen molar-refractivity contribution < 1.29 is 9.47 Å². The van der Waals surface area contributed by atoms with Crippen molar-refractivity contribution in [2.24, 2.45) is 5.92 Å². The van der Waals surface area contributed by atoms with Crippen molar-refractivity contribution in [1.82, 2.24) is 19.7 Å². The number of aryl methyl sites for hydroxylation is 1. The molecule has 0 spiro atoms. The van der Waals surface area contributed by atoms with E-state index in [1.807, 2.05) is 22.9 Å². The van der Waals surface area contributed by atoms with Gasteiger partial charge in [0.25, 0.3) is 0 Å². The van der Waals surface area contributed by atoms with Crippen LogP contribution < -0.4 is 9.47 Å². The zero-order chi connectivity index (χ0) is 17.2. The quantitative estimate of drug-likeness (QED) is 0.733. The molecule has 0 aliphatic carbocycles. The van der Waals surface area contributed by atoms with Crippen LogP contribution in [0.15, 0.2) is 43.1 Å². The molecule has 25 heavy (non-hydrogen) atoms. The molecule has 0 amide bonds. The van der Waals surface area contributed by atoms with Gasteiger partial charge >= 0.3 is 0 Å². The molecule has 1 aliphatic heterocycles. The van der Waals surface area contributed by atoms with Gasteiger partial charge < -0.3 is 9.47 Å². The number of fused-ring (bicyclic) bond motifs is 1. The Morgan fingerprint density at radius 3 is 2.88 bits per heavy atom. The molecule has 3 heterocycles. The van der Waals surface area contributed by atoms with Gasteiger partial charge in [0, 0.05) is 12.1 Å². The van der Waals surface area contributed by atoms with Crippen LogP contribution in [0.5, 0.6) is 11.5 Å². The van der Waals surface area contributed by atoms with Gasteiger partial charge in [0.05, 0.1) is 13.7 Å². The average Bonchev–Trinajstić information content (AvgIpc) is 3.15. The molecule has 2 aromatic heterocycles. The van der Waals surface area contributed by atoms with Gasteiger partial charge in [-0.1, -0.05) is 18.2 Å². The van der Waals surface area contributed by atoms with Crippen LogP contribution in [-0.4, -0.2) is 33.5 Å². The largest absolute Gasteiger partial charge is 0.493 e. The van der Waals surface area contributed by atoms with Gasteiger partial charge in [-0.3, -0.25) is 4.57 Å². The Kier molecular flexibility index (Phi) is 4.09. The van der Waals surface area contributed by atoms with E-state index in [1.165, 1.54) is 11.1 Å². The summed E-state index contributed by atoms with van der Waals surface area (Å²) in [7, 11) is 1.68. The molecule has 0 N–H and O–H groups in total. The average molecular weight is 336 g/mol. The number of pyridine rings is 1. The highest BCUT2D eigenvalue weighted by Crippen LogP contribution is 2.36. The first-order chi connectivity index (χ1) is 12.2. The van der Waals surface area contributed by atoms with Crippen molar-refractivity contribution in [3.8, 4) is 17.3 Å². The summed E-state index contributed by atoms with van der Waals surface area (Å²) in [6.07, 6.45) is 7.18. The van der Waals surface area contributed by atoms with Gasteiger partial charge in [-0.15, -0.1) is 10.2 Å². The van der Waals surface area contributed by atoms with E-state index < -0.39 is 0 Å². The minimum Gasteiger partial charge on any atom is -0.493 e. The van der Waals surface area contributed by atoms with E-state index in [1.54, 1.807) is 19.8 Å². The molecule has 0 bridgehead atoms. The normalized spacial score (nSPS) is 16.2. The van der Waals surface area contributed by atoms with Crippen LogP contribution in [0.25, 0.3) is 5.82 Å². The van der Waals surface area contributed by atoms with E-state index in [0.29, 0.717) is 12.5 Å². The lowest BCUT2D eigenvalue weighted by Gasteiger charge is -2.26. The number of para-hydroxylation sites is 1. The molecular weight excluding hydrogens is 316 g/mol. The number of hydrogen-bond acceptors (Lipinski definition) is 5. The lowest BCUT2D eigenvalue weighted by atomic mass is 9.91. The second kappa shape index (κ2) is 6.55. The van der Waals surface area contributed by atoms with E-state index in [-0.39, 0.29) is 0 Å². The fourth-order valence-electron chi connectivity index (χ4n) is 3.40. The predicted octanol–water partition coefficient (Wildman–Crippen LogP) is 2.77. The smallest absolute Gasteiger partial charge is 0.164 e. The van der Waals surface area contributed by atoms with Crippen LogP contribution in [0.3, 0.4) is 0 Å². The maximum Gasteiger partial charge on any atom is 0.164 e. The van der Waals surface area contributed by atoms with Crippen molar-refractivity contribution in [2.75, 3.05) is 13.7 Å². The minimum absolute atomic E-state index is 0.432. The van der Waals surface area contributed by atoms with Gasteiger partial charge in [-0.2, -0.15) is 0 Å². The molecule has 1 aromatic carbocycles. The minimum atomic E-state index is 0.432. The lowest BCUT2D eigenvalue weighted by molar-refractivity contribution is 0.211. The van der Waals surface area contributed by atoms with E-state index in [9.17, 15) is 0 Å². The zero-order valence-corrected chi connectivity index (χ0v) is 14.3. The third kappa shape index (κ3) is 3.07. The second-order valence-electron chi connectivity index (χ2n) is 6.39. The summed E-state index contributed by atoms with van der Waals surface area (Å²) in [6.45, 7) is 2.75. The summed E-state index contributed by atoms with van der Waals surface area (Å²) in [5.41, 5.74) is 3.53. The summed E-state index contributed by atoms with van der Waals surface area (Å²) in [6, 6.07) is 8.26. The van der Waals surface area contributed by atoms with Crippen molar-refractivity contribution >= 4 is 0 Å². The lowest BCUT2D eigenvalue weighted by Crippen LogP contribution is -2.23. The molecule has 1 aliphatic rings. The Bertz CT molecular complexity index is 877. The number of aromatic nitrogens is 4. The summed E-state index contributed by atoms with van der Waals surface area (Å²) in [4.78, 5) is 4.58. The van der Waals surface area contributed by atoms with Crippen molar-refractivity contribution in [1.29, 1.82) is 0 Å². The van der Waals surface area contributed by atoms with Crippen LogP contribution in [0.4, 0.5) is 0 Å². The van der Waals surface area contributed by atoms with Crippen LogP contribution >= 0.6 is 0 Å². The standard InChI is InChI=1S/C19H20N4O2/c1-13-6-14(9-20-19(13)23-11-21-22-12-23)7-15-8-16-4-3-5-17(24-2)18(16)25-10-15/h3-6,9,11-12,15H,7-8,10H2,1-2H3/t15-/m0/s1. The van der Waals surface area contributed by atoms with Gasteiger partial charge in [0.1, 0.15) is 18.5 Å². The van der Waals surface area contributed by atoms with Crippen molar-refractivity contribution in [3.63, 3.8) is 0 Å². The topological polar surface area (TPSA) is 62.1 Å². The summed E-state index contributed by atoms with van der Waals surface area (Å²) < 4.78 is 13.2. The Morgan fingerprint density at radius 2 is 2.12 bits per heavy atom. The third-order valence-electron chi connectivity index (χ3n) is 4.55. The fourth-order valence-corrected chi connectivity index (χ4v) is 3.40. The van der Waals surface area contributed by atoms with E-state index in [2.05, 4.69) is 34.2 Å². The molecule has 0 saturated carbocycles. The zero-order valence-electron chi connectivity index (χ0n) is 14.3. The maximum atomic E-state index is 5.98. The SMILES string of the molecule is COc1cccc2c1OC[C@@H](Cc1cnc(-n3cnnc3)c(C)c1)C2. The predicted molar refractivity (Wildman–Crippen MR) is 93.3 cm³/mol. The van der Waals surface area contributed by atoms with Crippen LogP contribution in [0, 0.1) is 12.8 Å². The second-order valence-corrected chi connectivity index (χ2v) is 6.39. The first-order valence-corrected chi connectivity index (χ1v) is 8.34. The number of rotatable bonds is 4. The molecule has 4 rings (SSSR count). The third-order valence-corrected chi connectivity index (χ3v) is 4.55. The first-order valence-electron chi connectivity index (χ1n) is 8.34. The molecule has 0 unspecified atom stereocenters. The van der Waals surface area contributed by atoms with Gasteiger partial charge in [-0.25, -0.2) is 4.98 Å². The molecular formula is C19H20N4O2. The monoisotopic (exact) mass is 336 g/mol. The molecule has 0 saturated heterocycles. The molecule has 0 radical (unpaired) electrons. The van der Waals surface area contributed by atoms with Crippen LogP contribution in [-0.2, 0) is 12.8 Å². The number of methoxy groups -OCH3 is 1. The van der Waals surface area contributed by atoms with Crippen molar-refractivity contribution in [3.05, 3.63) is 59.8 Å². The van der Waals surface area contributed by atoms with E-state index in [0.717, 1.165) is 35.7 Å². The molecule has 3 aromatic rings. The van der Waals surface area contributed by atoms with Gasteiger partial charge in [0.2, 0.25) is 0 Å². The summed E-state index contributed by atoms with van der Waals surface area (Å²) >= 11 is 0. The Morgan fingerprint density at radius 1 is 1.28 bits per heavy atom. The van der Waals surface area contributed by atoms with Crippen LogP contribution in [0.2, 0.25) is 0 Å². The first kappa shape index (κ1) is 15.6. The Hall–Kier alpha value is -2.89. The Labute approximate surface area is 146 Å². The van der Waals surface area contributed by atoms with E-state index in [4.69, 9.17) is 9.47 Å². The van der Waals surface area contributed by atoms with Gasteiger partial charge in [-0.05, 0) is 42.5 Å². The molecule has 0 fully saturated rings. The number of hydrogen-bond donors (Lipinski definition) is 0. The van der Waals surface area contributed by atoms with Crippen LogP contribution in [0.1, 0.15) is 16.7 Å².